The summed E-state index contributed by atoms with van der Waals surface area (Å²) in [7, 11) is 0. The number of para-hydroxylation sites is 1. The first-order valence-electron chi connectivity index (χ1n) is 5.78. The second kappa shape index (κ2) is 5.39. The van der Waals surface area contributed by atoms with Crippen LogP contribution in [0.3, 0.4) is 0 Å². The highest BCUT2D eigenvalue weighted by molar-refractivity contribution is 6.06. The number of rotatable bonds is 3. The van der Waals surface area contributed by atoms with Crippen LogP contribution in [-0.4, -0.2) is 18.4 Å². The molecule has 0 saturated carbocycles. The molecule has 5 heteroatoms. The highest BCUT2D eigenvalue weighted by Gasteiger charge is 2.16. The normalized spacial score (nSPS) is 13.4. The largest absolute Gasteiger partial charge is 0.497 e. The van der Waals surface area contributed by atoms with E-state index >= 15 is 0 Å². The van der Waals surface area contributed by atoms with E-state index in [-0.39, 0.29) is 11.5 Å². The molecule has 0 aromatic heterocycles. The third-order valence-electron chi connectivity index (χ3n) is 2.69. The lowest BCUT2D eigenvalue weighted by Crippen LogP contribution is -2.17. The Balaban J connectivity index is 2.56. The summed E-state index contributed by atoms with van der Waals surface area (Å²) in [6.07, 6.45) is 5.21. The van der Waals surface area contributed by atoms with Crippen molar-refractivity contribution in [1.29, 1.82) is 0 Å². The molecule has 0 bridgehead atoms. The summed E-state index contributed by atoms with van der Waals surface area (Å²) in [5.74, 6) is -0.839. The number of primary amides is 1. The molecule has 3 N–H and O–H groups in total. The number of anilines is 1. The number of hydrogen-bond donors (Lipinski definition) is 2. The Morgan fingerprint density at radius 1 is 1.37 bits per heavy atom. The van der Waals surface area contributed by atoms with E-state index in [1.807, 2.05) is 12.1 Å². The van der Waals surface area contributed by atoms with Gasteiger partial charge in [-0.1, -0.05) is 12.1 Å². The minimum Gasteiger partial charge on any atom is -0.497 e. The minimum absolute atomic E-state index is 0.258. The van der Waals surface area contributed by atoms with Crippen molar-refractivity contribution in [2.45, 2.75) is 6.92 Å². The number of hydrogen-bond acceptors (Lipinski definition) is 3. The van der Waals surface area contributed by atoms with Crippen molar-refractivity contribution >= 4 is 23.1 Å². The average Bonchev–Trinajstić information content (AvgIpc) is 2.39. The number of benzene rings is 1. The highest BCUT2D eigenvalue weighted by atomic mass is 16.5. The SMILES string of the molecule is CC(=O)Nc1c(C(N)=O)cccc1C1=CCOC=C1. The second-order valence-electron chi connectivity index (χ2n) is 4.07. The fourth-order valence-corrected chi connectivity index (χ4v) is 1.89. The average molecular weight is 258 g/mol. The summed E-state index contributed by atoms with van der Waals surface area (Å²) in [6.45, 7) is 1.84. The maximum absolute atomic E-state index is 11.4. The van der Waals surface area contributed by atoms with Crippen LogP contribution in [0.1, 0.15) is 22.8 Å². The molecule has 2 amide bonds. The van der Waals surface area contributed by atoms with E-state index in [0.717, 1.165) is 11.1 Å². The first-order valence-corrected chi connectivity index (χ1v) is 5.78. The van der Waals surface area contributed by atoms with Crippen molar-refractivity contribution < 1.29 is 14.3 Å². The maximum Gasteiger partial charge on any atom is 0.250 e. The van der Waals surface area contributed by atoms with Gasteiger partial charge < -0.3 is 15.8 Å². The number of carbonyl (C=O) groups is 2. The molecular weight excluding hydrogens is 244 g/mol. The molecule has 19 heavy (non-hydrogen) atoms. The van der Waals surface area contributed by atoms with Crippen LogP contribution in [0.5, 0.6) is 0 Å². The summed E-state index contributed by atoms with van der Waals surface area (Å²) in [6, 6.07) is 5.13. The number of carbonyl (C=O) groups excluding carboxylic acids is 2. The van der Waals surface area contributed by atoms with E-state index in [9.17, 15) is 9.59 Å². The van der Waals surface area contributed by atoms with Gasteiger partial charge in [0.2, 0.25) is 5.91 Å². The van der Waals surface area contributed by atoms with Crippen molar-refractivity contribution in [2.75, 3.05) is 11.9 Å². The second-order valence-corrected chi connectivity index (χ2v) is 4.07. The Kier molecular flexibility index (Phi) is 3.66. The van der Waals surface area contributed by atoms with Gasteiger partial charge in [0.15, 0.2) is 0 Å². The van der Waals surface area contributed by atoms with Crippen LogP contribution in [0.25, 0.3) is 5.57 Å². The summed E-state index contributed by atoms with van der Waals surface area (Å²) < 4.78 is 5.08. The van der Waals surface area contributed by atoms with Crippen molar-refractivity contribution in [3.8, 4) is 0 Å². The van der Waals surface area contributed by atoms with Gasteiger partial charge >= 0.3 is 0 Å². The van der Waals surface area contributed by atoms with Crippen LogP contribution in [0, 0.1) is 0 Å². The Morgan fingerprint density at radius 2 is 2.16 bits per heavy atom. The van der Waals surface area contributed by atoms with E-state index in [0.29, 0.717) is 12.3 Å². The molecule has 0 spiro atoms. The van der Waals surface area contributed by atoms with Crippen LogP contribution >= 0.6 is 0 Å². The van der Waals surface area contributed by atoms with Gasteiger partial charge in [-0.3, -0.25) is 9.59 Å². The van der Waals surface area contributed by atoms with Crippen molar-refractivity contribution in [1.82, 2.24) is 0 Å². The van der Waals surface area contributed by atoms with Gasteiger partial charge in [-0.2, -0.15) is 0 Å². The molecule has 1 aliphatic heterocycles. The van der Waals surface area contributed by atoms with E-state index in [4.69, 9.17) is 10.5 Å². The molecule has 0 atom stereocenters. The molecule has 0 radical (unpaired) electrons. The standard InChI is InChI=1S/C14H14N2O3/c1-9(17)16-13-11(10-5-7-19-8-6-10)3-2-4-12(13)14(15)18/h2-7H,8H2,1H3,(H2,15,18)(H,16,17). The molecule has 0 unspecified atom stereocenters. The fraction of sp³-hybridized carbons (Fsp3) is 0.143. The first-order chi connectivity index (χ1) is 9.09. The number of allylic oxidation sites excluding steroid dienone is 2. The first kappa shape index (κ1) is 12.9. The lowest BCUT2D eigenvalue weighted by atomic mass is 9.98. The number of nitrogens with two attached hydrogens (primary N) is 1. The number of amides is 2. The van der Waals surface area contributed by atoms with Gasteiger partial charge in [0.05, 0.1) is 17.5 Å². The molecule has 98 valence electrons. The van der Waals surface area contributed by atoms with Gasteiger partial charge in [-0.05, 0) is 23.8 Å². The van der Waals surface area contributed by atoms with Crippen LogP contribution in [0.4, 0.5) is 5.69 Å². The van der Waals surface area contributed by atoms with Crippen molar-refractivity contribution in [2.24, 2.45) is 5.73 Å². The zero-order valence-electron chi connectivity index (χ0n) is 10.5. The highest BCUT2D eigenvalue weighted by Crippen LogP contribution is 2.29. The molecule has 0 aliphatic carbocycles. The summed E-state index contributed by atoms with van der Waals surface area (Å²) in [4.78, 5) is 22.7. The van der Waals surface area contributed by atoms with Gasteiger partial charge in [0.25, 0.3) is 5.91 Å². The summed E-state index contributed by atoms with van der Waals surface area (Å²) >= 11 is 0. The third kappa shape index (κ3) is 2.82. The molecular formula is C14H14N2O3. The van der Waals surface area contributed by atoms with Crippen LogP contribution < -0.4 is 11.1 Å². The number of nitrogens with one attached hydrogen (secondary N) is 1. The van der Waals surface area contributed by atoms with Crippen molar-refractivity contribution in [3.05, 3.63) is 47.7 Å². The molecule has 0 saturated heterocycles. The lowest BCUT2D eigenvalue weighted by molar-refractivity contribution is -0.114. The van der Waals surface area contributed by atoms with Crippen molar-refractivity contribution in [3.63, 3.8) is 0 Å². The van der Waals surface area contributed by atoms with Gasteiger partial charge in [-0.15, -0.1) is 0 Å². The zero-order chi connectivity index (χ0) is 13.8. The van der Waals surface area contributed by atoms with E-state index in [1.165, 1.54) is 6.92 Å². The van der Waals surface area contributed by atoms with Gasteiger partial charge in [-0.25, -0.2) is 0 Å². The Morgan fingerprint density at radius 3 is 2.74 bits per heavy atom. The molecule has 1 aromatic carbocycles. The van der Waals surface area contributed by atoms with Gasteiger partial charge in [0.1, 0.15) is 6.61 Å². The van der Waals surface area contributed by atoms with Crippen LogP contribution in [-0.2, 0) is 9.53 Å². The quantitative estimate of drug-likeness (QED) is 0.865. The molecule has 1 aromatic rings. The molecule has 1 aliphatic rings. The smallest absolute Gasteiger partial charge is 0.250 e. The molecule has 0 fully saturated rings. The predicted octanol–water partition coefficient (Wildman–Crippen LogP) is 1.67. The third-order valence-corrected chi connectivity index (χ3v) is 2.69. The predicted molar refractivity (Wildman–Crippen MR) is 72.3 cm³/mol. The Labute approximate surface area is 110 Å². The summed E-state index contributed by atoms with van der Waals surface area (Å²) in [5.41, 5.74) is 7.67. The lowest BCUT2D eigenvalue weighted by Gasteiger charge is -2.16. The zero-order valence-corrected chi connectivity index (χ0v) is 10.5. The maximum atomic E-state index is 11.4. The fourth-order valence-electron chi connectivity index (χ4n) is 1.89. The topological polar surface area (TPSA) is 81.4 Å². The van der Waals surface area contributed by atoms with Crippen LogP contribution in [0.15, 0.2) is 36.6 Å². The van der Waals surface area contributed by atoms with Crippen LogP contribution in [0.2, 0.25) is 0 Å². The Hall–Kier alpha value is -2.56. The Bertz CT molecular complexity index is 588. The van der Waals surface area contributed by atoms with E-state index in [1.54, 1.807) is 24.5 Å². The van der Waals surface area contributed by atoms with E-state index < -0.39 is 5.91 Å². The minimum atomic E-state index is -0.581. The summed E-state index contributed by atoms with van der Waals surface area (Å²) in [5, 5.41) is 2.67. The monoisotopic (exact) mass is 258 g/mol. The number of ether oxygens (including phenoxy) is 1. The van der Waals surface area contributed by atoms with E-state index in [2.05, 4.69) is 5.32 Å². The molecule has 1 heterocycles. The molecule has 5 nitrogen and oxygen atoms in total. The molecule has 2 rings (SSSR count). The van der Waals surface area contributed by atoms with Gasteiger partial charge in [0, 0.05) is 12.5 Å².